The molecule has 4 rings (SSSR count). The van der Waals surface area contributed by atoms with Crippen molar-refractivity contribution in [2.75, 3.05) is 6.54 Å². The number of β-lactam (4-membered cyclic amide) rings is 1. The molecule has 2 saturated heterocycles. The smallest absolute Gasteiger partial charge is 0.369 e. The summed E-state index contributed by atoms with van der Waals surface area (Å²) in [4.78, 5) is 73.0. The van der Waals surface area contributed by atoms with Crippen LogP contribution in [0, 0.1) is 6.92 Å². The Kier molecular flexibility index (Phi) is 9.84. The molecule has 19 heteroatoms. The predicted molar refractivity (Wildman–Crippen MR) is 149 cm³/mol. The number of aryl methyl sites for hydroxylation is 1. The van der Waals surface area contributed by atoms with Gasteiger partial charge >= 0.3 is 21.2 Å². The van der Waals surface area contributed by atoms with Gasteiger partial charge in [-0.15, -0.1) is 11.8 Å². The highest BCUT2D eigenvalue weighted by Crippen LogP contribution is 2.69. The first kappa shape index (κ1) is 33.9. The second kappa shape index (κ2) is 12.2. The molecule has 0 spiro atoms. The standard InChI is InChI=1S/C19H19N3O5S.C4H13NO7P2/c1-9-11(12(21-27-9)10-7-5-4-6-8-10)15(23)20-13-16(24)22-14(18(25)26)19(2,3)28-17(13)22;5-3-1-2-4(6,13(7,8)9)14(10,11)12/h4-8,13-14,17H,1-3H3,(H,20,23)(H,25,26);6H,1-3,5H2,(H2,7,8,9)(H2,10,11,12)/t13-,14+,17-;/m1./s1. The molecule has 2 aliphatic rings. The molecule has 2 fully saturated rings. The van der Waals surface area contributed by atoms with E-state index in [0.29, 0.717) is 11.5 Å². The number of aliphatic hydroxyl groups is 1. The van der Waals surface area contributed by atoms with Crippen molar-refractivity contribution in [2.45, 2.75) is 60.9 Å². The van der Waals surface area contributed by atoms with Crippen LogP contribution >= 0.6 is 27.0 Å². The van der Waals surface area contributed by atoms with Crippen LogP contribution in [-0.4, -0.2) is 91.5 Å². The molecule has 0 saturated carbocycles. The number of benzene rings is 1. The van der Waals surface area contributed by atoms with E-state index < -0.39 is 60.8 Å². The molecule has 0 aliphatic carbocycles. The molecule has 16 nitrogen and oxygen atoms in total. The zero-order valence-corrected chi connectivity index (χ0v) is 25.3. The zero-order valence-electron chi connectivity index (χ0n) is 22.6. The number of aliphatic carboxylic acids is 1. The van der Waals surface area contributed by atoms with E-state index >= 15 is 0 Å². The maximum Gasteiger partial charge on any atom is 0.369 e. The minimum absolute atomic E-state index is 0.0394. The van der Waals surface area contributed by atoms with Gasteiger partial charge in [-0.3, -0.25) is 18.7 Å². The summed E-state index contributed by atoms with van der Waals surface area (Å²) in [5, 5.41) is 21.7. The van der Waals surface area contributed by atoms with Gasteiger partial charge in [-0.05, 0) is 33.7 Å². The summed E-state index contributed by atoms with van der Waals surface area (Å²) in [7, 11) is -10.6. The number of amides is 2. The monoisotopic (exact) mass is 650 g/mol. The zero-order chi connectivity index (χ0) is 31.8. The molecule has 2 aromatic rings. The second-order valence-electron chi connectivity index (χ2n) is 10.1. The molecule has 2 amide bonds. The van der Waals surface area contributed by atoms with Crippen molar-refractivity contribution >= 4 is 44.7 Å². The van der Waals surface area contributed by atoms with Crippen LogP contribution < -0.4 is 11.1 Å². The van der Waals surface area contributed by atoms with Gasteiger partial charge in [0, 0.05) is 16.7 Å². The maximum absolute atomic E-state index is 12.9. The van der Waals surface area contributed by atoms with Crippen LogP contribution in [0.1, 0.15) is 42.8 Å². The molecule has 0 unspecified atom stereocenters. The van der Waals surface area contributed by atoms with E-state index in [2.05, 4.69) is 10.5 Å². The Labute approximate surface area is 244 Å². The van der Waals surface area contributed by atoms with Gasteiger partial charge < -0.3 is 50.3 Å². The fraction of sp³-hybridized carbons (Fsp3) is 0.478. The summed E-state index contributed by atoms with van der Waals surface area (Å²) in [5.41, 5.74) is 6.41. The normalized spacial score (nSPS) is 21.6. The number of carbonyl (C=O) groups excluding carboxylic acids is 2. The van der Waals surface area contributed by atoms with Gasteiger partial charge in [-0.2, -0.15) is 0 Å². The number of carboxylic acids is 1. The predicted octanol–water partition coefficient (Wildman–Crippen LogP) is 0.622. The molecule has 232 valence electrons. The number of aromatic nitrogens is 1. The molecular weight excluding hydrogens is 618 g/mol. The summed E-state index contributed by atoms with van der Waals surface area (Å²) in [6, 6.07) is 7.46. The summed E-state index contributed by atoms with van der Waals surface area (Å²) in [5.74, 6) is -1.55. The molecular formula is C23H32N4O12P2S. The third-order valence-electron chi connectivity index (χ3n) is 6.75. The van der Waals surface area contributed by atoms with Crippen LogP contribution in [0.4, 0.5) is 0 Å². The molecule has 0 bridgehead atoms. The highest BCUT2D eigenvalue weighted by atomic mass is 32.2. The topological polar surface area (TPSA) is 274 Å². The van der Waals surface area contributed by atoms with Gasteiger partial charge in [-0.25, -0.2) is 4.79 Å². The van der Waals surface area contributed by atoms with E-state index in [0.717, 1.165) is 5.56 Å². The Morgan fingerprint density at radius 2 is 1.74 bits per heavy atom. The van der Waals surface area contributed by atoms with Gasteiger partial charge in [0.15, 0.2) is 0 Å². The summed E-state index contributed by atoms with van der Waals surface area (Å²) in [6.45, 7) is 5.18. The average Bonchev–Trinajstić information content (AvgIpc) is 3.40. The number of nitrogens with zero attached hydrogens (tertiary/aromatic N) is 2. The summed E-state index contributed by atoms with van der Waals surface area (Å²) in [6.07, 6.45) is -0.856. The number of carboxylic acid groups (broad SMARTS) is 1. The van der Waals surface area contributed by atoms with Crippen molar-refractivity contribution in [3.63, 3.8) is 0 Å². The SMILES string of the molecule is Cc1onc(-c2ccccc2)c1C(=O)N[C@@H]1C(=O)N2[C@@H]1SC(C)(C)[C@@H]2C(=O)O.NCCCC(O)(P(=O)(O)O)P(=O)(O)O. The lowest BCUT2D eigenvalue weighted by Gasteiger charge is -2.43. The Hall–Kier alpha value is -2.59. The Bertz CT molecular complexity index is 1420. The fourth-order valence-corrected chi connectivity index (χ4v) is 8.47. The van der Waals surface area contributed by atoms with Gasteiger partial charge in [0.2, 0.25) is 5.91 Å². The largest absolute Gasteiger partial charge is 0.480 e. The van der Waals surface area contributed by atoms with Crippen LogP contribution in [-0.2, 0) is 18.7 Å². The first-order valence-corrected chi connectivity index (χ1v) is 16.5. The Balaban J connectivity index is 0.000000295. The third kappa shape index (κ3) is 6.34. The second-order valence-corrected chi connectivity index (χ2v) is 15.9. The maximum atomic E-state index is 12.9. The average molecular weight is 651 g/mol. The van der Waals surface area contributed by atoms with E-state index in [1.807, 2.05) is 30.3 Å². The molecule has 42 heavy (non-hydrogen) atoms. The van der Waals surface area contributed by atoms with E-state index in [1.165, 1.54) is 16.7 Å². The van der Waals surface area contributed by atoms with E-state index in [1.54, 1.807) is 20.8 Å². The van der Waals surface area contributed by atoms with Gasteiger partial charge in [0.1, 0.15) is 34.5 Å². The van der Waals surface area contributed by atoms with Crippen LogP contribution in [0.3, 0.4) is 0 Å². The quantitative estimate of drug-likeness (QED) is 0.136. The van der Waals surface area contributed by atoms with Crippen LogP contribution in [0.25, 0.3) is 11.3 Å². The van der Waals surface area contributed by atoms with E-state index in [4.69, 9.17) is 29.8 Å². The van der Waals surface area contributed by atoms with Crippen molar-refractivity contribution < 1.29 is 57.8 Å². The minimum atomic E-state index is -5.30. The molecule has 3 atom stereocenters. The van der Waals surface area contributed by atoms with Crippen molar-refractivity contribution in [1.29, 1.82) is 0 Å². The molecule has 2 aliphatic heterocycles. The fourth-order valence-electron chi connectivity index (χ4n) is 4.59. The van der Waals surface area contributed by atoms with Crippen molar-refractivity contribution in [1.82, 2.24) is 15.4 Å². The Morgan fingerprint density at radius 1 is 1.17 bits per heavy atom. The molecule has 1 aromatic carbocycles. The lowest BCUT2D eigenvalue weighted by Crippen LogP contribution is -2.70. The highest BCUT2D eigenvalue weighted by Gasteiger charge is 2.64. The lowest BCUT2D eigenvalue weighted by atomic mass is 9.95. The minimum Gasteiger partial charge on any atom is -0.480 e. The van der Waals surface area contributed by atoms with Crippen molar-refractivity contribution in [2.24, 2.45) is 5.73 Å². The first-order chi connectivity index (χ1) is 19.3. The number of thioether (sulfide) groups is 1. The van der Waals surface area contributed by atoms with E-state index in [-0.39, 0.29) is 24.4 Å². The molecule has 0 radical (unpaired) electrons. The van der Waals surface area contributed by atoms with Crippen molar-refractivity contribution in [3.8, 4) is 11.3 Å². The first-order valence-electron chi connectivity index (χ1n) is 12.4. The number of rotatable bonds is 9. The van der Waals surface area contributed by atoms with Crippen molar-refractivity contribution in [3.05, 3.63) is 41.7 Å². The van der Waals surface area contributed by atoms with Gasteiger partial charge in [-0.1, -0.05) is 35.5 Å². The van der Waals surface area contributed by atoms with E-state index in [9.17, 15) is 33.7 Å². The number of nitrogens with one attached hydrogen (secondary N) is 1. The number of nitrogens with two attached hydrogens (primary N) is 1. The van der Waals surface area contributed by atoms with Crippen LogP contribution in [0.5, 0.6) is 0 Å². The summed E-state index contributed by atoms with van der Waals surface area (Å²) >= 11 is 1.38. The Morgan fingerprint density at radius 3 is 2.24 bits per heavy atom. The highest BCUT2D eigenvalue weighted by molar-refractivity contribution is 8.01. The lowest BCUT2D eigenvalue weighted by molar-refractivity contribution is -0.159. The number of hydrogen-bond donors (Lipinski definition) is 8. The molecule has 3 heterocycles. The number of fused-ring (bicyclic) bond motifs is 1. The summed E-state index contributed by atoms with van der Waals surface area (Å²) < 4.78 is 26.0. The number of carbonyl (C=O) groups is 3. The number of hydrogen-bond acceptors (Lipinski definition) is 10. The van der Waals surface area contributed by atoms with Crippen LogP contribution in [0.15, 0.2) is 34.9 Å². The molecule has 1 aromatic heterocycles. The third-order valence-corrected chi connectivity index (χ3v) is 12.2. The van der Waals surface area contributed by atoms with Crippen LogP contribution in [0.2, 0.25) is 0 Å². The molecule has 9 N–H and O–H groups in total. The van der Waals surface area contributed by atoms with Gasteiger partial charge in [0.05, 0.1) is 0 Å². The van der Waals surface area contributed by atoms with Gasteiger partial charge in [0.25, 0.3) is 11.0 Å².